The van der Waals surface area contributed by atoms with E-state index in [0.717, 1.165) is 17.7 Å². The molecule has 0 aromatic rings. The lowest BCUT2D eigenvalue weighted by Crippen LogP contribution is -2.40. The zero-order valence-electron chi connectivity index (χ0n) is 11.1. The van der Waals surface area contributed by atoms with Crippen LogP contribution in [0.5, 0.6) is 0 Å². The van der Waals surface area contributed by atoms with Gasteiger partial charge in [0.05, 0.1) is 0 Å². The third-order valence-electron chi connectivity index (χ3n) is 3.95. The highest BCUT2D eigenvalue weighted by atomic mass is 32.1. The lowest BCUT2D eigenvalue weighted by molar-refractivity contribution is 0.142. The lowest BCUT2D eigenvalue weighted by atomic mass is 9.93. The third-order valence-corrected chi connectivity index (χ3v) is 4.46. The second-order valence-corrected chi connectivity index (χ2v) is 5.58. The molecule has 0 radical (unpaired) electrons. The van der Waals surface area contributed by atoms with E-state index in [4.69, 9.17) is 0 Å². The standard InChI is InChI=1S/C14H29NS/c1-3-8-13(12-16)11-15(4-2)14-9-6-5-7-10-14/h13-14,16H,3-12H2,1-2H3. The van der Waals surface area contributed by atoms with Crippen molar-refractivity contribution >= 4 is 12.6 Å². The van der Waals surface area contributed by atoms with Crippen molar-refractivity contribution in [2.45, 2.75) is 64.8 Å². The topological polar surface area (TPSA) is 3.24 Å². The summed E-state index contributed by atoms with van der Waals surface area (Å²) in [6, 6.07) is 0.873. The highest BCUT2D eigenvalue weighted by Crippen LogP contribution is 2.24. The van der Waals surface area contributed by atoms with Gasteiger partial charge in [0, 0.05) is 12.6 Å². The van der Waals surface area contributed by atoms with Crippen LogP contribution in [0.25, 0.3) is 0 Å². The SMILES string of the molecule is CCCC(CS)CN(CC)C1CCCCC1. The molecule has 0 aromatic heterocycles. The zero-order chi connectivity index (χ0) is 11.8. The summed E-state index contributed by atoms with van der Waals surface area (Å²) in [6.07, 6.45) is 9.85. The van der Waals surface area contributed by atoms with E-state index >= 15 is 0 Å². The first-order valence-electron chi connectivity index (χ1n) is 7.16. The summed E-state index contributed by atoms with van der Waals surface area (Å²) in [4.78, 5) is 2.72. The summed E-state index contributed by atoms with van der Waals surface area (Å²) in [6.45, 7) is 7.10. The number of nitrogens with zero attached hydrogens (tertiary/aromatic N) is 1. The van der Waals surface area contributed by atoms with Crippen molar-refractivity contribution in [1.82, 2.24) is 4.90 Å². The molecule has 16 heavy (non-hydrogen) atoms. The Labute approximate surface area is 107 Å². The molecule has 1 saturated carbocycles. The van der Waals surface area contributed by atoms with Crippen molar-refractivity contribution in [3.05, 3.63) is 0 Å². The van der Waals surface area contributed by atoms with Gasteiger partial charge in [0.2, 0.25) is 0 Å². The van der Waals surface area contributed by atoms with Crippen LogP contribution in [0, 0.1) is 5.92 Å². The molecule has 0 spiro atoms. The minimum absolute atomic E-state index is 0.801. The lowest BCUT2D eigenvalue weighted by Gasteiger charge is -2.35. The largest absolute Gasteiger partial charge is 0.300 e. The molecular formula is C14H29NS. The van der Waals surface area contributed by atoms with Crippen LogP contribution >= 0.6 is 12.6 Å². The Morgan fingerprint density at radius 2 is 1.88 bits per heavy atom. The Kier molecular flexibility index (Phi) is 7.55. The van der Waals surface area contributed by atoms with Crippen LogP contribution in [-0.4, -0.2) is 29.8 Å². The summed E-state index contributed by atoms with van der Waals surface area (Å²) in [7, 11) is 0. The van der Waals surface area contributed by atoms with E-state index in [1.807, 2.05) is 0 Å². The first kappa shape index (κ1) is 14.4. The van der Waals surface area contributed by atoms with Gasteiger partial charge in [-0.3, -0.25) is 0 Å². The Balaban J connectivity index is 2.39. The average Bonchev–Trinajstić information content (AvgIpc) is 2.35. The van der Waals surface area contributed by atoms with Gasteiger partial charge in [-0.05, 0) is 37.5 Å². The van der Waals surface area contributed by atoms with Gasteiger partial charge < -0.3 is 4.90 Å². The maximum atomic E-state index is 4.50. The van der Waals surface area contributed by atoms with Crippen LogP contribution < -0.4 is 0 Å². The molecule has 0 heterocycles. The monoisotopic (exact) mass is 243 g/mol. The molecule has 1 aliphatic carbocycles. The second-order valence-electron chi connectivity index (χ2n) is 5.22. The van der Waals surface area contributed by atoms with Gasteiger partial charge >= 0.3 is 0 Å². The van der Waals surface area contributed by atoms with Crippen LogP contribution in [-0.2, 0) is 0 Å². The summed E-state index contributed by atoms with van der Waals surface area (Å²) in [5, 5.41) is 0. The number of rotatable bonds is 7. The van der Waals surface area contributed by atoms with Crippen molar-refractivity contribution in [3.63, 3.8) is 0 Å². The summed E-state index contributed by atoms with van der Waals surface area (Å²) < 4.78 is 0. The predicted molar refractivity (Wildman–Crippen MR) is 76.4 cm³/mol. The Morgan fingerprint density at radius 3 is 2.38 bits per heavy atom. The molecule has 1 aliphatic rings. The van der Waals surface area contributed by atoms with Gasteiger partial charge in [-0.15, -0.1) is 0 Å². The molecule has 0 N–H and O–H groups in total. The number of hydrogen-bond acceptors (Lipinski definition) is 2. The number of hydrogen-bond donors (Lipinski definition) is 1. The van der Waals surface area contributed by atoms with Crippen molar-refractivity contribution in [2.24, 2.45) is 5.92 Å². The Bertz CT molecular complexity index is 166. The Morgan fingerprint density at radius 1 is 1.19 bits per heavy atom. The molecule has 0 bridgehead atoms. The summed E-state index contributed by atoms with van der Waals surface area (Å²) in [5.41, 5.74) is 0. The maximum Gasteiger partial charge on any atom is 0.00952 e. The molecule has 96 valence electrons. The highest BCUT2D eigenvalue weighted by Gasteiger charge is 2.21. The highest BCUT2D eigenvalue weighted by molar-refractivity contribution is 7.80. The molecule has 0 amide bonds. The van der Waals surface area contributed by atoms with E-state index in [2.05, 4.69) is 31.4 Å². The van der Waals surface area contributed by atoms with Crippen LogP contribution in [0.2, 0.25) is 0 Å². The fraction of sp³-hybridized carbons (Fsp3) is 1.00. The molecule has 1 rings (SSSR count). The fourth-order valence-electron chi connectivity index (χ4n) is 2.96. The van der Waals surface area contributed by atoms with Crippen LogP contribution in [0.4, 0.5) is 0 Å². The minimum atomic E-state index is 0.801. The van der Waals surface area contributed by atoms with Crippen molar-refractivity contribution in [2.75, 3.05) is 18.8 Å². The van der Waals surface area contributed by atoms with E-state index in [-0.39, 0.29) is 0 Å². The molecule has 1 atom stereocenters. The average molecular weight is 243 g/mol. The summed E-state index contributed by atoms with van der Waals surface area (Å²) in [5.74, 6) is 1.85. The molecule has 1 fully saturated rings. The molecule has 0 aromatic carbocycles. The smallest absolute Gasteiger partial charge is 0.00952 e. The van der Waals surface area contributed by atoms with Crippen molar-refractivity contribution in [3.8, 4) is 0 Å². The number of thiol groups is 1. The van der Waals surface area contributed by atoms with Crippen molar-refractivity contribution < 1.29 is 0 Å². The van der Waals surface area contributed by atoms with Gasteiger partial charge in [-0.2, -0.15) is 12.6 Å². The predicted octanol–water partition coefficient (Wildman–Crippen LogP) is 3.99. The van der Waals surface area contributed by atoms with Gasteiger partial charge in [0.1, 0.15) is 0 Å². The van der Waals surface area contributed by atoms with E-state index in [1.165, 1.54) is 58.0 Å². The molecule has 1 nitrogen and oxygen atoms in total. The first-order chi connectivity index (χ1) is 7.81. The van der Waals surface area contributed by atoms with E-state index in [1.54, 1.807) is 0 Å². The summed E-state index contributed by atoms with van der Waals surface area (Å²) >= 11 is 4.50. The van der Waals surface area contributed by atoms with Gasteiger partial charge in [-0.1, -0.05) is 39.5 Å². The minimum Gasteiger partial charge on any atom is -0.300 e. The molecular weight excluding hydrogens is 214 g/mol. The van der Waals surface area contributed by atoms with Crippen LogP contribution in [0.3, 0.4) is 0 Å². The third kappa shape index (κ3) is 4.67. The molecule has 2 heteroatoms. The second kappa shape index (κ2) is 8.41. The maximum absolute atomic E-state index is 4.50. The Hall–Kier alpha value is 0.310. The quantitative estimate of drug-likeness (QED) is 0.662. The zero-order valence-corrected chi connectivity index (χ0v) is 12.0. The van der Waals surface area contributed by atoms with Crippen molar-refractivity contribution in [1.29, 1.82) is 0 Å². The van der Waals surface area contributed by atoms with Gasteiger partial charge in [0.25, 0.3) is 0 Å². The first-order valence-corrected chi connectivity index (χ1v) is 7.79. The van der Waals surface area contributed by atoms with Crippen LogP contribution in [0.1, 0.15) is 58.8 Å². The fourth-order valence-corrected chi connectivity index (χ4v) is 3.26. The van der Waals surface area contributed by atoms with Crippen LogP contribution in [0.15, 0.2) is 0 Å². The van der Waals surface area contributed by atoms with Gasteiger partial charge in [-0.25, -0.2) is 0 Å². The van der Waals surface area contributed by atoms with E-state index in [0.29, 0.717) is 0 Å². The van der Waals surface area contributed by atoms with E-state index in [9.17, 15) is 0 Å². The normalized spacial score (nSPS) is 20.2. The molecule has 1 unspecified atom stereocenters. The van der Waals surface area contributed by atoms with E-state index < -0.39 is 0 Å². The van der Waals surface area contributed by atoms with Gasteiger partial charge in [0.15, 0.2) is 0 Å². The molecule has 0 aliphatic heterocycles. The molecule has 0 saturated heterocycles.